The van der Waals surface area contributed by atoms with Gasteiger partial charge in [-0.15, -0.1) is 0 Å². The third kappa shape index (κ3) is 3.10. The Balaban J connectivity index is 2.02. The van der Waals surface area contributed by atoms with Crippen molar-refractivity contribution in [2.24, 2.45) is 4.99 Å². The van der Waals surface area contributed by atoms with Crippen molar-refractivity contribution in [1.82, 2.24) is 4.98 Å². The van der Waals surface area contributed by atoms with E-state index in [9.17, 15) is 0 Å². The van der Waals surface area contributed by atoms with E-state index >= 15 is 0 Å². The molecule has 2 N–H and O–H groups in total. The molecule has 0 amide bonds. The first-order chi connectivity index (χ1) is 13.1. The summed E-state index contributed by atoms with van der Waals surface area (Å²) in [6.07, 6.45) is 0.957. The second-order valence-corrected chi connectivity index (χ2v) is 6.66. The maximum atomic E-state index is 6.27. The van der Waals surface area contributed by atoms with Gasteiger partial charge >= 0.3 is 0 Å². The minimum atomic E-state index is 0.659. The molecule has 2 aromatic carbocycles. The maximum absolute atomic E-state index is 6.27. The number of nitrogens with two attached hydrogens (primary N) is 1. The lowest BCUT2D eigenvalue weighted by Gasteiger charge is -2.12. The highest BCUT2D eigenvalue weighted by Crippen LogP contribution is 2.34. The highest BCUT2D eigenvalue weighted by Gasteiger charge is 2.15. The van der Waals surface area contributed by atoms with E-state index in [0.29, 0.717) is 23.6 Å². The van der Waals surface area contributed by atoms with E-state index in [4.69, 9.17) is 19.9 Å². The first kappa shape index (κ1) is 17.3. The van der Waals surface area contributed by atoms with Gasteiger partial charge in [-0.1, -0.05) is 6.92 Å². The van der Waals surface area contributed by atoms with Crippen LogP contribution in [0, 0.1) is 6.92 Å². The Morgan fingerprint density at radius 3 is 2.74 bits per heavy atom. The number of nitrogen functional groups attached to an aromatic ring is 1. The Hall–Kier alpha value is -3.08. The largest absolute Gasteiger partial charge is 0.494 e. The molecule has 4 rings (SSSR count). The number of benzene rings is 3. The van der Waals surface area contributed by atoms with E-state index in [1.54, 1.807) is 0 Å². The molecule has 138 valence electrons. The highest BCUT2D eigenvalue weighted by atomic mass is 16.5. The van der Waals surface area contributed by atoms with Crippen molar-refractivity contribution >= 4 is 27.6 Å². The summed E-state index contributed by atoms with van der Waals surface area (Å²) in [5.74, 6) is 1.52. The van der Waals surface area contributed by atoms with Crippen LogP contribution < -0.4 is 15.8 Å². The molecule has 0 unspecified atom stereocenters. The predicted molar refractivity (Wildman–Crippen MR) is 109 cm³/mol. The minimum Gasteiger partial charge on any atom is -0.494 e. The zero-order chi connectivity index (χ0) is 19.0. The van der Waals surface area contributed by atoms with Gasteiger partial charge in [0.2, 0.25) is 0 Å². The molecule has 5 nitrogen and oxygen atoms in total. The fourth-order valence-electron chi connectivity index (χ4n) is 3.30. The topological polar surface area (TPSA) is 73.6 Å². The SMILES string of the molecule is CCCOc1ccc2c(N)cc3oc4cc(=NCC)c(C)cc-4nc3c2c1. The zero-order valence-electron chi connectivity index (χ0n) is 15.9. The van der Waals surface area contributed by atoms with Crippen LogP contribution in [0.1, 0.15) is 25.8 Å². The second kappa shape index (κ2) is 6.91. The lowest BCUT2D eigenvalue weighted by molar-refractivity contribution is 0.318. The molecule has 0 saturated carbocycles. The summed E-state index contributed by atoms with van der Waals surface area (Å²) in [6, 6.07) is 11.7. The number of nitrogens with zero attached hydrogens (tertiary/aromatic N) is 2. The molecular weight excluding hydrogens is 338 g/mol. The first-order valence-corrected chi connectivity index (χ1v) is 9.31. The third-order valence-electron chi connectivity index (χ3n) is 4.61. The van der Waals surface area contributed by atoms with Gasteiger partial charge in [0.15, 0.2) is 11.3 Å². The summed E-state index contributed by atoms with van der Waals surface area (Å²) < 4.78 is 11.9. The average Bonchev–Trinajstić information content (AvgIpc) is 2.66. The Labute approximate surface area is 157 Å². The molecule has 1 heterocycles. The molecular formula is C22H23N3O2. The summed E-state index contributed by atoms with van der Waals surface area (Å²) in [4.78, 5) is 9.40. The molecule has 2 aromatic rings. The van der Waals surface area contributed by atoms with Crippen LogP contribution in [0.25, 0.3) is 33.3 Å². The van der Waals surface area contributed by atoms with E-state index in [2.05, 4.69) is 11.9 Å². The van der Waals surface area contributed by atoms with Crippen molar-refractivity contribution in [3.05, 3.63) is 47.3 Å². The van der Waals surface area contributed by atoms with Crippen molar-refractivity contribution in [2.45, 2.75) is 27.2 Å². The minimum absolute atomic E-state index is 0.659. The number of aryl methyl sites for hydroxylation is 1. The summed E-state index contributed by atoms with van der Waals surface area (Å²) in [7, 11) is 0. The average molecular weight is 361 g/mol. The molecule has 1 aliphatic heterocycles. The van der Waals surface area contributed by atoms with Crippen molar-refractivity contribution < 1.29 is 9.15 Å². The van der Waals surface area contributed by atoms with Crippen molar-refractivity contribution in [3.63, 3.8) is 0 Å². The van der Waals surface area contributed by atoms with Gasteiger partial charge in [-0.2, -0.15) is 0 Å². The standard InChI is InChI=1S/C22H23N3O2/c1-4-8-26-14-6-7-15-16(10-14)22-21(11-17(15)23)27-20-12-18(24-5-2)13(3)9-19(20)25-22/h6-7,9-12H,4-5,8,23H2,1-3H3. The second-order valence-electron chi connectivity index (χ2n) is 6.66. The fourth-order valence-corrected chi connectivity index (χ4v) is 3.30. The lowest BCUT2D eigenvalue weighted by atomic mass is 10.1. The number of fused-ring (bicyclic) bond motifs is 4. The van der Waals surface area contributed by atoms with Gasteiger partial charge < -0.3 is 14.9 Å². The fraction of sp³-hybridized carbons (Fsp3) is 0.273. The van der Waals surface area contributed by atoms with Crippen molar-refractivity contribution in [1.29, 1.82) is 0 Å². The molecule has 0 saturated heterocycles. The van der Waals surface area contributed by atoms with E-state index in [-0.39, 0.29) is 0 Å². The third-order valence-corrected chi connectivity index (χ3v) is 4.61. The summed E-state index contributed by atoms with van der Waals surface area (Å²) >= 11 is 0. The van der Waals surface area contributed by atoms with Crippen LogP contribution in [-0.2, 0) is 0 Å². The Kier molecular flexibility index (Phi) is 4.44. The van der Waals surface area contributed by atoms with Crippen LogP contribution in [0.3, 0.4) is 0 Å². The van der Waals surface area contributed by atoms with Crippen LogP contribution in [0.15, 0.2) is 45.8 Å². The van der Waals surface area contributed by atoms with Crippen LogP contribution in [0.5, 0.6) is 5.75 Å². The quantitative estimate of drug-likeness (QED) is 0.325. The van der Waals surface area contributed by atoms with Gasteiger partial charge in [0.1, 0.15) is 17.0 Å². The van der Waals surface area contributed by atoms with Crippen LogP contribution in [-0.4, -0.2) is 18.1 Å². The first-order valence-electron chi connectivity index (χ1n) is 9.31. The molecule has 0 bridgehead atoms. The van der Waals surface area contributed by atoms with Gasteiger partial charge in [-0.25, -0.2) is 4.98 Å². The molecule has 27 heavy (non-hydrogen) atoms. The van der Waals surface area contributed by atoms with Gasteiger partial charge in [0.05, 0.1) is 12.0 Å². The Bertz CT molecular complexity index is 1180. The van der Waals surface area contributed by atoms with E-state index < -0.39 is 0 Å². The van der Waals surface area contributed by atoms with E-state index in [1.165, 1.54) is 0 Å². The Morgan fingerprint density at radius 2 is 1.96 bits per heavy atom. The molecule has 2 aliphatic rings. The number of hydrogen-bond acceptors (Lipinski definition) is 5. The normalized spacial score (nSPS) is 12.3. The highest BCUT2D eigenvalue weighted by molar-refractivity contribution is 6.10. The molecule has 0 atom stereocenters. The molecule has 0 aromatic heterocycles. The smallest absolute Gasteiger partial charge is 0.155 e. The van der Waals surface area contributed by atoms with Crippen molar-refractivity contribution in [2.75, 3.05) is 18.9 Å². The van der Waals surface area contributed by atoms with Crippen molar-refractivity contribution in [3.8, 4) is 17.2 Å². The van der Waals surface area contributed by atoms with Gasteiger partial charge in [-0.05, 0) is 50.1 Å². The number of rotatable bonds is 4. The number of anilines is 1. The van der Waals surface area contributed by atoms with Crippen LogP contribution >= 0.6 is 0 Å². The lowest BCUT2D eigenvalue weighted by Crippen LogP contribution is -2.09. The monoisotopic (exact) mass is 361 g/mol. The van der Waals surface area contributed by atoms with E-state index in [1.807, 2.05) is 50.2 Å². The van der Waals surface area contributed by atoms with Gasteiger partial charge in [0.25, 0.3) is 0 Å². The molecule has 0 radical (unpaired) electrons. The molecule has 0 spiro atoms. The van der Waals surface area contributed by atoms with Gasteiger partial charge in [-0.3, -0.25) is 4.99 Å². The maximum Gasteiger partial charge on any atom is 0.155 e. The van der Waals surface area contributed by atoms with Crippen LogP contribution in [0.4, 0.5) is 5.69 Å². The summed E-state index contributed by atoms with van der Waals surface area (Å²) in [5.41, 5.74) is 10.3. The summed E-state index contributed by atoms with van der Waals surface area (Å²) in [5, 5.41) is 2.81. The number of hydrogen-bond donors (Lipinski definition) is 1. The van der Waals surface area contributed by atoms with Crippen LogP contribution in [0.2, 0.25) is 0 Å². The predicted octanol–water partition coefficient (Wildman–Crippen LogP) is 4.69. The molecule has 5 heteroatoms. The molecule has 0 fully saturated rings. The van der Waals surface area contributed by atoms with Gasteiger partial charge in [0, 0.05) is 35.1 Å². The zero-order valence-corrected chi connectivity index (χ0v) is 15.9. The van der Waals surface area contributed by atoms with E-state index in [0.717, 1.165) is 51.6 Å². The number of aromatic nitrogens is 1. The number of ether oxygens (including phenoxy) is 1. The molecule has 1 aliphatic carbocycles. The Morgan fingerprint density at radius 1 is 1.11 bits per heavy atom. The summed E-state index contributed by atoms with van der Waals surface area (Å²) in [6.45, 7) is 7.55.